The number of hydrogen-bond acceptors (Lipinski definition) is 3. The first-order valence-electron chi connectivity index (χ1n) is 7.32. The first-order chi connectivity index (χ1) is 9.20. The fourth-order valence-electron chi connectivity index (χ4n) is 2.63. The number of aliphatic hydroxyl groups is 1. The number of rotatable bonds is 5. The van der Waals surface area contributed by atoms with Crippen LogP contribution in [0, 0.1) is 5.92 Å². The maximum Gasteiger partial charge on any atom is 0.125 e. The molecule has 1 saturated heterocycles. The Morgan fingerprint density at radius 1 is 1.32 bits per heavy atom. The zero-order valence-corrected chi connectivity index (χ0v) is 12.0. The van der Waals surface area contributed by atoms with Crippen molar-refractivity contribution in [3.63, 3.8) is 0 Å². The van der Waals surface area contributed by atoms with E-state index in [1.165, 1.54) is 12.8 Å². The van der Waals surface area contributed by atoms with Crippen molar-refractivity contribution in [2.24, 2.45) is 5.92 Å². The third kappa shape index (κ3) is 3.95. The molecule has 1 N–H and O–H groups in total. The maximum absolute atomic E-state index is 10.4. The standard InChI is InChI=1S/C16H25NO2/c1-3-19-16-7-5-4-6-14(16)15(18)12-17-10-8-13(2)9-11-17/h4-7,13,15,18H,3,8-12H2,1-2H3. The molecule has 2 rings (SSSR count). The van der Waals surface area contributed by atoms with Crippen molar-refractivity contribution in [3.8, 4) is 5.75 Å². The van der Waals surface area contributed by atoms with Gasteiger partial charge in [-0.15, -0.1) is 0 Å². The third-order valence-corrected chi connectivity index (χ3v) is 3.89. The van der Waals surface area contributed by atoms with E-state index in [2.05, 4.69) is 11.8 Å². The summed E-state index contributed by atoms with van der Waals surface area (Å²) < 4.78 is 5.59. The van der Waals surface area contributed by atoms with Crippen LogP contribution in [-0.4, -0.2) is 36.2 Å². The molecule has 19 heavy (non-hydrogen) atoms. The number of ether oxygens (including phenoxy) is 1. The molecule has 1 heterocycles. The Morgan fingerprint density at radius 3 is 2.68 bits per heavy atom. The first kappa shape index (κ1) is 14.4. The van der Waals surface area contributed by atoms with Gasteiger partial charge in [0.25, 0.3) is 0 Å². The van der Waals surface area contributed by atoms with Crippen LogP contribution in [0.15, 0.2) is 24.3 Å². The second-order valence-electron chi connectivity index (χ2n) is 5.47. The van der Waals surface area contributed by atoms with Crippen LogP contribution < -0.4 is 4.74 Å². The van der Waals surface area contributed by atoms with Crippen LogP contribution in [0.2, 0.25) is 0 Å². The van der Waals surface area contributed by atoms with Crippen molar-refractivity contribution < 1.29 is 9.84 Å². The Balaban J connectivity index is 1.97. The lowest BCUT2D eigenvalue weighted by molar-refractivity contribution is 0.0894. The molecule has 0 spiro atoms. The summed E-state index contributed by atoms with van der Waals surface area (Å²) >= 11 is 0. The van der Waals surface area contributed by atoms with Gasteiger partial charge in [-0.05, 0) is 44.8 Å². The van der Waals surface area contributed by atoms with Gasteiger partial charge in [0.15, 0.2) is 0 Å². The largest absolute Gasteiger partial charge is 0.493 e. The molecule has 3 heteroatoms. The second kappa shape index (κ2) is 6.92. The molecule has 0 bridgehead atoms. The van der Waals surface area contributed by atoms with Gasteiger partial charge in [-0.25, -0.2) is 0 Å². The Hall–Kier alpha value is -1.06. The van der Waals surface area contributed by atoms with Crippen LogP contribution in [0.3, 0.4) is 0 Å². The van der Waals surface area contributed by atoms with Gasteiger partial charge in [-0.3, -0.25) is 0 Å². The summed E-state index contributed by atoms with van der Waals surface area (Å²) in [6.07, 6.45) is 2.01. The smallest absolute Gasteiger partial charge is 0.125 e. The Morgan fingerprint density at radius 2 is 2.00 bits per heavy atom. The molecule has 106 valence electrons. The van der Waals surface area contributed by atoms with Crippen molar-refractivity contribution in [2.75, 3.05) is 26.2 Å². The number of nitrogens with zero attached hydrogens (tertiary/aromatic N) is 1. The summed E-state index contributed by atoms with van der Waals surface area (Å²) in [5, 5.41) is 10.4. The number of likely N-dealkylation sites (tertiary alicyclic amines) is 1. The highest BCUT2D eigenvalue weighted by atomic mass is 16.5. The van der Waals surface area contributed by atoms with Crippen molar-refractivity contribution in [3.05, 3.63) is 29.8 Å². The molecular weight excluding hydrogens is 238 g/mol. The molecule has 0 aliphatic carbocycles. The summed E-state index contributed by atoms with van der Waals surface area (Å²) in [5.74, 6) is 1.63. The zero-order valence-electron chi connectivity index (χ0n) is 12.0. The SMILES string of the molecule is CCOc1ccccc1C(O)CN1CCC(C)CC1. The summed E-state index contributed by atoms with van der Waals surface area (Å²) in [4.78, 5) is 2.35. The van der Waals surface area contributed by atoms with Crippen LogP contribution in [0.1, 0.15) is 38.4 Å². The monoisotopic (exact) mass is 263 g/mol. The molecule has 3 nitrogen and oxygen atoms in total. The number of benzene rings is 1. The highest BCUT2D eigenvalue weighted by Crippen LogP contribution is 2.27. The van der Waals surface area contributed by atoms with E-state index in [1.807, 2.05) is 31.2 Å². The molecule has 1 aliphatic rings. The lowest BCUT2D eigenvalue weighted by Gasteiger charge is -2.32. The molecule has 0 amide bonds. The number of piperidine rings is 1. The van der Waals surface area contributed by atoms with Crippen molar-refractivity contribution in [1.82, 2.24) is 4.90 Å². The third-order valence-electron chi connectivity index (χ3n) is 3.89. The van der Waals surface area contributed by atoms with Crippen LogP contribution in [0.4, 0.5) is 0 Å². The van der Waals surface area contributed by atoms with Gasteiger partial charge < -0.3 is 14.7 Å². The summed E-state index contributed by atoms with van der Waals surface area (Å²) in [6, 6.07) is 7.80. The molecule has 0 radical (unpaired) electrons. The van der Waals surface area contributed by atoms with Crippen molar-refractivity contribution in [1.29, 1.82) is 0 Å². The summed E-state index contributed by atoms with van der Waals surface area (Å²) in [5.41, 5.74) is 0.906. The number of hydrogen-bond donors (Lipinski definition) is 1. The predicted molar refractivity (Wildman–Crippen MR) is 77.4 cm³/mol. The van der Waals surface area contributed by atoms with Gasteiger partial charge in [-0.2, -0.15) is 0 Å². The van der Waals surface area contributed by atoms with E-state index in [0.29, 0.717) is 13.2 Å². The van der Waals surface area contributed by atoms with E-state index < -0.39 is 6.10 Å². The lowest BCUT2D eigenvalue weighted by Crippen LogP contribution is -2.36. The minimum atomic E-state index is -0.462. The zero-order chi connectivity index (χ0) is 13.7. The van der Waals surface area contributed by atoms with E-state index in [-0.39, 0.29) is 0 Å². The summed E-state index contributed by atoms with van der Waals surface area (Å²) in [6.45, 7) is 7.79. The predicted octanol–water partition coefficient (Wildman–Crippen LogP) is 2.85. The number of aliphatic hydroxyl groups excluding tert-OH is 1. The maximum atomic E-state index is 10.4. The number of para-hydroxylation sites is 1. The molecule has 0 aromatic heterocycles. The van der Waals surface area contributed by atoms with Crippen LogP contribution in [0.25, 0.3) is 0 Å². The Kier molecular flexibility index (Phi) is 5.23. The molecule has 0 saturated carbocycles. The molecule has 1 aromatic carbocycles. The lowest BCUT2D eigenvalue weighted by atomic mass is 9.98. The minimum Gasteiger partial charge on any atom is -0.493 e. The highest BCUT2D eigenvalue weighted by molar-refractivity contribution is 5.35. The van der Waals surface area contributed by atoms with E-state index >= 15 is 0 Å². The Bertz CT molecular complexity index is 386. The molecule has 1 fully saturated rings. The topological polar surface area (TPSA) is 32.7 Å². The average Bonchev–Trinajstić information content (AvgIpc) is 2.42. The van der Waals surface area contributed by atoms with Gasteiger partial charge in [0.1, 0.15) is 5.75 Å². The molecular formula is C16H25NO2. The van der Waals surface area contributed by atoms with Crippen LogP contribution in [-0.2, 0) is 0 Å². The first-order valence-corrected chi connectivity index (χ1v) is 7.32. The van der Waals surface area contributed by atoms with E-state index in [4.69, 9.17) is 4.74 Å². The second-order valence-corrected chi connectivity index (χ2v) is 5.47. The van der Waals surface area contributed by atoms with Gasteiger partial charge >= 0.3 is 0 Å². The van der Waals surface area contributed by atoms with Gasteiger partial charge in [-0.1, -0.05) is 25.1 Å². The van der Waals surface area contributed by atoms with Crippen LogP contribution in [0.5, 0.6) is 5.75 Å². The quantitative estimate of drug-likeness (QED) is 0.886. The minimum absolute atomic E-state index is 0.462. The van der Waals surface area contributed by atoms with E-state index in [1.54, 1.807) is 0 Å². The number of β-amino-alcohol motifs (C(OH)–C–C–N with tert-alkyl or cyclic N) is 1. The average molecular weight is 263 g/mol. The molecule has 1 unspecified atom stereocenters. The molecule has 1 aromatic rings. The fourth-order valence-corrected chi connectivity index (χ4v) is 2.63. The normalized spacial score (nSPS) is 19.3. The molecule has 1 atom stereocenters. The highest BCUT2D eigenvalue weighted by Gasteiger charge is 2.20. The Labute approximate surface area is 116 Å². The van der Waals surface area contributed by atoms with Gasteiger partial charge in [0.05, 0.1) is 12.7 Å². The van der Waals surface area contributed by atoms with E-state index in [0.717, 1.165) is 30.3 Å². The molecule has 1 aliphatic heterocycles. The van der Waals surface area contributed by atoms with E-state index in [9.17, 15) is 5.11 Å². The van der Waals surface area contributed by atoms with Crippen molar-refractivity contribution in [2.45, 2.75) is 32.8 Å². The summed E-state index contributed by atoms with van der Waals surface area (Å²) in [7, 11) is 0. The fraction of sp³-hybridized carbons (Fsp3) is 0.625. The van der Waals surface area contributed by atoms with Gasteiger partial charge in [0, 0.05) is 12.1 Å². The van der Waals surface area contributed by atoms with Crippen molar-refractivity contribution >= 4 is 0 Å². The van der Waals surface area contributed by atoms with Gasteiger partial charge in [0.2, 0.25) is 0 Å². The van der Waals surface area contributed by atoms with Crippen LogP contribution >= 0.6 is 0 Å².